The van der Waals surface area contributed by atoms with Gasteiger partial charge in [-0.15, -0.1) is 0 Å². The third-order valence-corrected chi connectivity index (χ3v) is 1.93. The van der Waals surface area contributed by atoms with Crippen molar-refractivity contribution in [3.05, 3.63) is 18.5 Å². The normalized spacial score (nSPS) is 10.2. The summed E-state index contributed by atoms with van der Waals surface area (Å²) in [4.78, 5) is 32.0. The zero-order valence-corrected chi connectivity index (χ0v) is 10.4. The Hall–Kier alpha value is -2.02. The van der Waals surface area contributed by atoms with Crippen LogP contribution in [0.2, 0.25) is 0 Å². The number of aromatic nitrogens is 2. The molecule has 0 bridgehead atoms. The van der Waals surface area contributed by atoms with Gasteiger partial charge in [-0.2, -0.15) is 0 Å². The zero-order valence-electron chi connectivity index (χ0n) is 10.4. The Morgan fingerprint density at radius 3 is 2.61 bits per heavy atom. The number of carbonyl (C=O) groups is 2. The van der Waals surface area contributed by atoms with Gasteiger partial charge in [-0.25, -0.2) is 9.97 Å². The van der Waals surface area contributed by atoms with Gasteiger partial charge in [-0.1, -0.05) is 0 Å². The van der Waals surface area contributed by atoms with Crippen molar-refractivity contribution >= 4 is 17.8 Å². The fourth-order valence-corrected chi connectivity index (χ4v) is 1.26. The first kappa shape index (κ1) is 14.0. The summed E-state index contributed by atoms with van der Waals surface area (Å²) in [5.41, 5.74) is 0. The molecule has 7 nitrogen and oxygen atoms in total. The number of hydrogen-bond donors (Lipinski definition) is 1. The monoisotopic (exact) mass is 252 g/mol. The molecule has 1 N–H and O–H groups in total. The number of nitrogens with one attached hydrogen (secondary N) is 1. The quantitative estimate of drug-likeness (QED) is 0.712. The standard InChI is InChI=1S/C11H16N4O3/c1-3-18-10(17)8-15(2)7-9(16)14-11-12-5-4-6-13-11/h4-6H,3,7-8H2,1-2H3,(H,12,13,14,16). The van der Waals surface area contributed by atoms with E-state index in [0.717, 1.165) is 0 Å². The molecule has 0 unspecified atom stereocenters. The predicted molar refractivity (Wildman–Crippen MR) is 64.8 cm³/mol. The van der Waals surface area contributed by atoms with Crippen LogP contribution >= 0.6 is 0 Å². The first-order valence-electron chi connectivity index (χ1n) is 5.53. The van der Waals surface area contributed by atoms with E-state index in [9.17, 15) is 9.59 Å². The van der Waals surface area contributed by atoms with Gasteiger partial charge in [0.15, 0.2) is 0 Å². The number of amides is 1. The van der Waals surface area contributed by atoms with Crippen molar-refractivity contribution < 1.29 is 14.3 Å². The number of ether oxygens (including phenoxy) is 1. The molecule has 0 radical (unpaired) electrons. The lowest BCUT2D eigenvalue weighted by Crippen LogP contribution is -2.34. The van der Waals surface area contributed by atoms with Gasteiger partial charge in [0.05, 0.1) is 19.7 Å². The highest BCUT2D eigenvalue weighted by Gasteiger charge is 2.11. The summed E-state index contributed by atoms with van der Waals surface area (Å²) in [7, 11) is 1.66. The minimum atomic E-state index is -0.358. The van der Waals surface area contributed by atoms with Crippen LogP contribution in [0.5, 0.6) is 0 Å². The second-order valence-electron chi connectivity index (χ2n) is 3.60. The van der Waals surface area contributed by atoms with E-state index in [1.54, 1.807) is 24.9 Å². The molecule has 98 valence electrons. The second-order valence-corrected chi connectivity index (χ2v) is 3.60. The molecule has 1 amide bonds. The van der Waals surface area contributed by atoms with Crippen molar-refractivity contribution in [2.75, 3.05) is 32.1 Å². The van der Waals surface area contributed by atoms with Crippen LogP contribution in [0.3, 0.4) is 0 Å². The van der Waals surface area contributed by atoms with Crippen LogP contribution in [0.1, 0.15) is 6.92 Å². The summed E-state index contributed by atoms with van der Waals surface area (Å²) in [6, 6.07) is 1.66. The third kappa shape index (κ3) is 5.35. The van der Waals surface area contributed by atoms with Crippen molar-refractivity contribution in [2.45, 2.75) is 6.92 Å². The molecule has 0 aliphatic rings. The highest BCUT2D eigenvalue weighted by Crippen LogP contribution is 1.94. The molecule has 0 spiro atoms. The van der Waals surface area contributed by atoms with E-state index in [4.69, 9.17) is 4.74 Å². The average molecular weight is 252 g/mol. The molecule has 0 aliphatic carbocycles. The summed E-state index contributed by atoms with van der Waals surface area (Å²) in [5, 5.41) is 2.52. The number of hydrogen-bond acceptors (Lipinski definition) is 6. The molecule has 7 heteroatoms. The van der Waals surface area contributed by atoms with E-state index in [-0.39, 0.29) is 30.9 Å². The molecule has 0 atom stereocenters. The van der Waals surface area contributed by atoms with Crippen molar-refractivity contribution in [3.63, 3.8) is 0 Å². The predicted octanol–water partition coefficient (Wildman–Crippen LogP) is -0.0900. The Labute approximate surface area is 105 Å². The van der Waals surface area contributed by atoms with Crippen LogP contribution in [0.25, 0.3) is 0 Å². The highest BCUT2D eigenvalue weighted by molar-refractivity contribution is 5.90. The first-order chi connectivity index (χ1) is 8.61. The van der Waals surface area contributed by atoms with E-state index < -0.39 is 0 Å². The van der Waals surface area contributed by atoms with E-state index in [1.165, 1.54) is 12.4 Å². The van der Waals surface area contributed by atoms with Crippen molar-refractivity contribution in [2.24, 2.45) is 0 Å². The van der Waals surface area contributed by atoms with E-state index in [1.807, 2.05) is 0 Å². The molecule has 0 fully saturated rings. The summed E-state index contributed by atoms with van der Waals surface area (Å²) in [5.74, 6) is -0.399. The lowest BCUT2D eigenvalue weighted by atomic mass is 10.5. The number of anilines is 1. The molecule has 0 aromatic carbocycles. The van der Waals surface area contributed by atoms with Gasteiger partial charge >= 0.3 is 5.97 Å². The molecule has 1 aromatic heterocycles. The Kier molecular flexibility index (Phi) is 5.72. The lowest BCUT2D eigenvalue weighted by Gasteiger charge is -2.14. The number of likely N-dealkylation sites (N-methyl/N-ethyl adjacent to an activating group) is 1. The Balaban J connectivity index is 2.34. The van der Waals surface area contributed by atoms with Crippen LogP contribution in [0.4, 0.5) is 5.95 Å². The fraction of sp³-hybridized carbons (Fsp3) is 0.455. The van der Waals surface area contributed by atoms with E-state index >= 15 is 0 Å². The molecule has 18 heavy (non-hydrogen) atoms. The molecule has 0 saturated heterocycles. The molecule has 0 aliphatic heterocycles. The number of carbonyl (C=O) groups excluding carboxylic acids is 2. The Morgan fingerprint density at radius 2 is 2.00 bits per heavy atom. The number of nitrogens with zero attached hydrogens (tertiary/aromatic N) is 3. The minimum absolute atomic E-state index is 0.0664. The minimum Gasteiger partial charge on any atom is -0.465 e. The highest BCUT2D eigenvalue weighted by atomic mass is 16.5. The zero-order chi connectivity index (χ0) is 13.4. The lowest BCUT2D eigenvalue weighted by molar-refractivity contribution is -0.144. The van der Waals surface area contributed by atoms with Gasteiger partial charge in [0, 0.05) is 12.4 Å². The maximum Gasteiger partial charge on any atom is 0.320 e. The van der Waals surface area contributed by atoms with Crippen LogP contribution in [-0.4, -0.2) is 53.5 Å². The summed E-state index contributed by atoms with van der Waals surface area (Å²) in [6.07, 6.45) is 3.07. The van der Waals surface area contributed by atoms with Gasteiger partial charge in [-0.05, 0) is 20.0 Å². The van der Waals surface area contributed by atoms with Crippen LogP contribution in [0.15, 0.2) is 18.5 Å². The van der Waals surface area contributed by atoms with Gasteiger partial charge in [0.25, 0.3) is 0 Å². The molecule has 1 aromatic rings. The van der Waals surface area contributed by atoms with Crippen LogP contribution in [-0.2, 0) is 14.3 Å². The molecule has 0 saturated carbocycles. The molecule has 1 heterocycles. The van der Waals surface area contributed by atoms with Crippen molar-refractivity contribution in [1.29, 1.82) is 0 Å². The molecular formula is C11H16N4O3. The smallest absolute Gasteiger partial charge is 0.320 e. The van der Waals surface area contributed by atoms with Gasteiger partial charge in [0.1, 0.15) is 0 Å². The summed E-state index contributed by atoms with van der Waals surface area (Å²) in [6.45, 7) is 2.20. The molecule has 1 rings (SSSR count). The second kappa shape index (κ2) is 7.33. The number of rotatable bonds is 6. The summed E-state index contributed by atoms with van der Waals surface area (Å²) >= 11 is 0. The maximum absolute atomic E-state index is 11.6. The van der Waals surface area contributed by atoms with E-state index in [0.29, 0.717) is 6.61 Å². The molecular weight excluding hydrogens is 236 g/mol. The van der Waals surface area contributed by atoms with Crippen LogP contribution < -0.4 is 5.32 Å². The Bertz CT molecular complexity index is 397. The van der Waals surface area contributed by atoms with Gasteiger partial charge in [-0.3, -0.25) is 19.8 Å². The largest absolute Gasteiger partial charge is 0.465 e. The maximum atomic E-state index is 11.6. The first-order valence-corrected chi connectivity index (χ1v) is 5.53. The fourth-order valence-electron chi connectivity index (χ4n) is 1.26. The average Bonchev–Trinajstić information content (AvgIpc) is 2.29. The van der Waals surface area contributed by atoms with Crippen LogP contribution in [0, 0.1) is 0 Å². The third-order valence-electron chi connectivity index (χ3n) is 1.93. The van der Waals surface area contributed by atoms with Crippen molar-refractivity contribution in [1.82, 2.24) is 14.9 Å². The Morgan fingerprint density at radius 1 is 1.33 bits per heavy atom. The topological polar surface area (TPSA) is 84.4 Å². The SMILES string of the molecule is CCOC(=O)CN(C)CC(=O)Nc1ncccn1. The number of esters is 1. The summed E-state index contributed by atoms with van der Waals surface area (Å²) < 4.78 is 4.78. The van der Waals surface area contributed by atoms with Gasteiger partial charge in [0.2, 0.25) is 11.9 Å². The van der Waals surface area contributed by atoms with E-state index in [2.05, 4.69) is 15.3 Å². The van der Waals surface area contributed by atoms with Gasteiger partial charge < -0.3 is 4.74 Å². The van der Waals surface area contributed by atoms with Crippen molar-refractivity contribution in [3.8, 4) is 0 Å².